The Morgan fingerprint density at radius 1 is 1.17 bits per heavy atom. The highest BCUT2D eigenvalue weighted by Gasteiger charge is 2.26. The minimum absolute atomic E-state index is 0.200. The molecule has 5 nitrogen and oxygen atoms in total. The van der Waals surface area contributed by atoms with E-state index in [1.54, 1.807) is 6.07 Å². The zero-order valence-electron chi connectivity index (χ0n) is 13.9. The van der Waals surface area contributed by atoms with Crippen molar-refractivity contribution < 1.29 is 19.0 Å². The Hall–Kier alpha value is -2.69. The van der Waals surface area contributed by atoms with Gasteiger partial charge in [0.05, 0.1) is 6.54 Å². The lowest BCUT2D eigenvalue weighted by Crippen LogP contribution is -2.45. The van der Waals surface area contributed by atoms with Crippen molar-refractivity contribution in [3.8, 4) is 17.2 Å². The summed E-state index contributed by atoms with van der Waals surface area (Å²) in [5.41, 5.74) is 2.31. The average molecular weight is 327 g/mol. The van der Waals surface area contributed by atoms with Gasteiger partial charge in [0.15, 0.2) is 11.5 Å². The smallest absolute Gasteiger partial charge is 0.264 e. The molecule has 0 bridgehead atoms. The van der Waals surface area contributed by atoms with Gasteiger partial charge in [0.25, 0.3) is 5.91 Å². The van der Waals surface area contributed by atoms with E-state index in [2.05, 4.69) is 11.4 Å². The number of nitrogens with one attached hydrogen (secondary N) is 1. The Kier molecular flexibility index (Phi) is 4.89. The molecule has 0 aliphatic carbocycles. The fourth-order valence-electron chi connectivity index (χ4n) is 2.62. The van der Waals surface area contributed by atoms with E-state index in [1.807, 2.05) is 44.2 Å². The van der Waals surface area contributed by atoms with Crippen LogP contribution in [-0.4, -0.2) is 31.8 Å². The second-order valence-corrected chi connectivity index (χ2v) is 5.83. The molecule has 1 N–H and O–H groups in total. The first-order valence-electron chi connectivity index (χ1n) is 7.99. The molecule has 0 saturated heterocycles. The normalized spacial score (nSPS) is 15.7. The number of benzene rings is 2. The van der Waals surface area contributed by atoms with Gasteiger partial charge >= 0.3 is 0 Å². The number of aryl methyl sites for hydroxylation is 2. The maximum Gasteiger partial charge on any atom is 0.264 e. The number of carbonyl (C=O) groups is 1. The van der Waals surface area contributed by atoms with Gasteiger partial charge in [0.2, 0.25) is 6.10 Å². The molecule has 1 unspecified atom stereocenters. The van der Waals surface area contributed by atoms with E-state index in [0.29, 0.717) is 24.7 Å². The molecular formula is C19H21NO4. The summed E-state index contributed by atoms with van der Waals surface area (Å²) in [6, 6.07) is 13.4. The molecule has 1 aliphatic heterocycles. The molecule has 0 aromatic heterocycles. The maximum atomic E-state index is 12.2. The van der Waals surface area contributed by atoms with Crippen molar-refractivity contribution in [2.24, 2.45) is 0 Å². The lowest BCUT2D eigenvalue weighted by molar-refractivity contribution is -0.130. The summed E-state index contributed by atoms with van der Waals surface area (Å²) in [4.78, 5) is 12.2. The highest BCUT2D eigenvalue weighted by molar-refractivity contribution is 5.81. The van der Waals surface area contributed by atoms with Crippen LogP contribution in [0.4, 0.5) is 0 Å². The lowest BCUT2D eigenvalue weighted by atomic mass is 10.1. The Morgan fingerprint density at radius 3 is 2.62 bits per heavy atom. The highest BCUT2D eigenvalue weighted by Crippen LogP contribution is 2.30. The molecule has 1 aliphatic rings. The molecule has 0 radical (unpaired) electrons. The zero-order chi connectivity index (χ0) is 16.9. The Labute approximate surface area is 141 Å². The van der Waals surface area contributed by atoms with E-state index in [-0.39, 0.29) is 12.5 Å². The van der Waals surface area contributed by atoms with Gasteiger partial charge in [-0.25, -0.2) is 0 Å². The van der Waals surface area contributed by atoms with Crippen LogP contribution in [0, 0.1) is 13.8 Å². The van der Waals surface area contributed by atoms with Gasteiger partial charge in [-0.15, -0.1) is 0 Å². The standard InChI is InChI=1S/C19H21NO4/c1-13-9-14(2)11-15(10-13)22-8-7-20-19(21)18-12-23-16-5-3-4-6-17(16)24-18/h3-6,9-11,18H,7-8,12H2,1-2H3,(H,20,21). The van der Waals surface area contributed by atoms with E-state index in [0.717, 1.165) is 16.9 Å². The van der Waals surface area contributed by atoms with Crippen molar-refractivity contribution in [3.63, 3.8) is 0 Å². The molecule has 5 heteroatoms. The summed E-state index contributed by atoms with van der Waals surface area (Å²) in [5, 5.41) is 2.81. The number of ether oxygens (including phenoxy) is 3. The third-order valence-corrected chi connectivity index (χ3v) is 3.67. The van der Waals surface area contributed by atoms with Crippen LogP contribution >= 0.6 is 0 Å². The van der Waals surface area contributed by atoms with E-state index in [9.17, 15) is 4.79 Å². The fourth-order valence-corrected chi connectivity index (χ4v) is 2.62. The third-order valence-electron chi connectivity index (χ3n) is 3.67. The summed E-state index contributed by atoms with van der Waals surface area (Å²) >= 11 is 0. The number of amides is 1. The van der Waals surface area contributed by atoms with E-state index < -0.39 is 6.10 Å². The van der Waals surface area contributed by atoms with Crippen LogP contribution < -0.4 is 19.5 Å². The predicted octanol–water partition coefficient (Wildman–Crippen LogP) is 2.64. The predicted molar refractivity (Wildman–Crippen MR) is 90.8 cm³/mol. The first kappa shape index (κ1) is 16.2. The monoisotopic (exact) mass is 327 g/mol. The number of fused-ring (bicyclic) bond motifs is 1. The summed E-state index contributed by atoms with van der Waals surface area (Å²) in [5.74, 6) is 1.87. The van der Waals surface area contributed by atoms with Crippen LogP contribution in [-0.2, 0) is 4.79 Å². The minimum Gasteiger partial charge on any atom is -0.492 e. The third kappa shape index (κ3) is 3.98. The second kappa shape index (κ2) is 7.25. The van der Waals surface area contributed by atoms with Gasteiger partial charge in [0.1, 0.15) is 19.0 Å². The lowest BCUT2D eigenvalue weighted by Gasteiger charge is -2.25. The van der Waals surface area contributed by atoms with Crippen LogP contribution in [0.5, 0.6) is 17.2 Å². The summed E-state index contributed by atoms with van der Waals surface area (Å²) in [6.45, 7) is 5.08. The number of hydrogen-bond acceptors (Lipinski definition) is 4. The Morgan fingerprint density at radius 2 is 1.88 bits per heavy atom. The van der Waals surface area contributed by atoms with Gasteiger partial charge in [-0.05, 0) is 49.2 Å². The van der Waals surface area contributed by atoms with Crippen LogP contribution in [0.2, 0.25) is 0 Å². The van der Waals surface area contributed by atoms with Crippen molar-refractivity contribution in [1.82, 2.24) is 5.32 Å². The van der Waals surface area contributed by atoms with Crippen LogP contribution in [0.3, 0.4) is 0 Å². The Balaban J connectivity index is 1.45. The number of rotatable bonds is 5. The van der Waals surface area contributed by atoms with Crippen LogP contribution in [0.15, 0.2) is 42.5 Å². The van der Waals surface area contributed by atoms with E-state index >= 15 is 0 Å². The molecular weight excluding hydrogens is 306 g/mol. The van der Waals surface area contributed by atoms with Gasteiger partial charge in [-0.3, -0.25) is 4.79 Å². The first-order valence-corrected chi connectivity index (χ1v) is 7.99. The Bertz CT molecular complexity index is 709. The second-order valence-electron chi connectivity index (χ2n) is 5.83. The van der Waals surface area contributed by atoms with E-state index in [4.69, 9.17) is 14.2 Å². The van der Waals surface area contributed by atoms with Crippen molar-refractivity contribution in [2.45, 2.75) is 20.0 Å². The van der Waals surface area contributed by atoms with Gasteiger partial charge < -0.3 is 19.5 Å². The quantitative estimate of drug-likeness (QED) is 0.858. The summed E-state index contributed by atoms with van der Waals surface area (Å²) < 4.78 is 16.9. The van der Waals surface area contributed by atoms with Crippen LogP contribution in [0.25, 0.3) is 0 Å². The first-order chi connectivity index (χ1) is 11.6. The number of para-hydroxylation sites is 2. The number of hydrogen-bond donors (Lipinski definition) is 1. The largest absolute Gasteiger partial charge is 0.492 e. The van der Waals surface area contributed by atoms with Crippen LogP contribution in [0.1, 0.15) is 11.1 Å². The van der Waals surface area contributed by atoms with Gasteiger partial charge in [-0.1, -0.05) is 18.2 Å². The summed E-state index contributed by atoms with van der Waals surface area (Å²) in [7, 11) is 0. The molecule has 126 valence electrons. The average Bonchev–Trinajstić information content (AvgIpc) is 2.57. The van der Waals surface area contributed by atoms with Gasteiger partial charge in [0, 0.05) is 0 Å². The van der Waals surface area contributed by atoms with Gasteiger partial charge in [-0.2, -0.15) is 0 Å². The molecule has 0 saturated carbocycles. The maximum absolute atomic E-state index is 12.2. The summed E-state index contributed by atoms with van der Waals surface area (Å²) in [6.07, 6.45) is -0.638. The van der Waals surface area contributed by atoms with Crippen molar-refractivity contribution in [1.29, 1.82) is 0 Å². The molecule has 0 fully saturated rings. The zero-order valence-corrected chi connectivity index (χ0v) is 13.9. The fraction of sp³-hybridized carbons (Fsp3) is 0.316. The molecule has 1 amide bonds. The molecule has 24 heavy (non-hydrogen) atoms. The molecule has 2 aromatic carbocycles. The van der Waals surface area contributed by atoms with Crippen molar-refractivity contribution in [3.05, 3.63) is 53.6 Å². The van der Waals surface area contributed by atoms with E-state index in [1.165, 1.54) is 0 Å². The molecule has 3 rings (SSSR count). The SMILES string of the molecule is Cc1cc(C)cc(OCCNC(=O)C2COc3ccccc3O2)c1. The molecule has 0 spiro atoms. The molecule has 1 atom stereocenters. The minimum atomic E-state index is -0.638. The number of carbonyl (C=O) groups excluding carboxylic acids is 1. The highest BCUT2D eigenvalue weighted by atomic mass is 16.6. The molecule has 1 heterocycles. The topological polar surface area (TPSA) is 56.8 Å². The van der Waals surface area contributed by atoms with Crippen molar-refractivity contribution >= 4 is 5.91 Å². The van der Waals surface area contributed by atoms with Crippen molar-refractivity contribution in [2.75, 3.05) is 19.8 Å². The molecule has 2 aromatic rings.